The van der Waals surface area contributed by atoms with Gasteiger partial charge in [-0.2, -0.15) is 5.06 Å². The summed E-state index contributed by atoms with van der Waals surface area (Å²) in [6.07, 6.45) is 3.60. The summed E-state index contributed by atoms with van der Waals surface area (Å²) in [5, 5.41) is 12.9. The van der Waals surface area contributed by atoms with Crippen LogP contribution in [0.1, 0.15) is 22.4 Å². The van der Waals surface area contributed by atoms with Gasteiger partial charge in [-0.1, -0.05) is 48.5 Å². The molecule has 0 atom stereocenters. The van der Waals surface area contributed by atoms with E-state index in [-0.39, 0.29) is 0 Å². The number of para-hydroxylation sites is 1. The Bertz CT molecular complexity index is 817. The van der Waals surface area contributed by atoms with Gasteiger partial charge >= 0.3 is 0 Å². The van der Waals surface area contributed by atoms with E-state index in [9.17, 15) is 5.21 Å². The number of allylic oxidation sites excluding steroid dienone is 1. The first-order valence-corrected chi connectivity index (χ1v) is 8.36. The molecule has 2 aromatic carbocycles. The zero-order chi connectivity index (χ0) is 16.9. The Balaban J connectivity index is 1.61. The number of aryl methyl sites for hydroxylation is 1. The SMILES string of the molecule is C=CCc1ccc(CN(O)CCc2c(C)[nH]c3ccccc23)cc1. The molecule has 0 fully saturated rings. The minimum Gasteiger partial charge on any atom is -0.358 e. The standard InChI is InChI=1S/C21H24N2O/c1-3-6-17-9-11-18(12-10-17)15-23(24)14-13-19-16(2)22-21-8-5-4-7-20(19)21/h3-5,7-12,22,24H,1,6,13-15H2,2H3. The molecule has 2 N–H and O–H groups in total. The van der Waals surface area contributed by atoms with Gasteiger partial charge in [0.1, 0.15) is 0 Å². The molecule has 124 valence electrons. The van der Waals surface area contributed by atoms with Crippen LogP contribution in [-0.2, 0) is 19.4 Å². The second-order valence-electron chi connectivity index (χ2n) is 6.22. The van der Waals surface area contributed by atoms with E-state index >= 15 is 0 Å². The Kier molecular flexibility index (Phi) is 5.14. The summed E-state index contributed by atoms with van der Waals surface area (Å²) in [6.45, 7) is 6.99. The van der Waals surface area contributed by atoms with Gasteiger partial charge < -0.3 is 10.2 Å². The number of rotatable bonds is 7. The molecule has 24 heavy (non-hydrogen) atoms. The fraction of sp³-hybridized carbons (Fsp3) is 0.238. The van der Waals surface area contributed by atoms with E-state index < -0.39 is 0 Å². The maximum absolute atomic E-state index is 10.2. The molecular weight excluding hydrogens is 296 g/mol. The lowest BCUT2D eigenvalue weighted by Gasteiger charge is -2.15. The van der Waals surface area contributed by atoms with E-state index in [4.69, 9.17) is 0 Å². The maximum atomic E-state index is 10.2. The molecule has 0 aliphatic rings. The molecule has 0 aliphatic carbocycles. The van der Waals surface area contributed by atoms with Gasteiger partial charge in [0.05, 0.1) is 0 Å². The number of hydrogen-bond donors (Lipinski definition) is 2. The van der Waals surface area contributed by atoms with Gasteiger partial charge in [-0.05, 0) is 42.5 Å². The molecule has 0 aliphatic heterocycles. The molecule has 0 spiro atoms. The van der Waals surface area contributed by atoms with Crippen LogP contribution in [0.3, 0.4) is 0 Å². The monoisotopic (exact) mass is 320 g/mol. The number of hydroxylamine groups is 2. The molecule has 3 heteroatoms. The van der Waals surface area contributed by atoms with E-state index in [1.165, 1.54) is 27.3 Å². The summed E-state index contributed by atoms with van der Waals surface area (Å²) >= 11 is 0. The van der Waals surface area contributed by atoms with Crippen LogP contribution >= 0.6 is 0 Å². The molecule has 0 bridgehead atoms. The molecule has 3 aromatic rings. The van der Waals surface area contributed by atoms with Crippen molar-refractivity contribution < 1.29 is 5.21 Å². The Morgan fingerprint density at radius 3 is 2.54 bits per heavy atom. The van der Waals surface area contributed by atoms with Crippen LogP contribution in [0.25, 0.3) is 10.9 Å². The summed E-state index contributed by atoms with van der Waals surface area (Å²) in [7, 11) is 0. The van der Waals surface area contributed by atoms with Gasteiger partial charge in [0.25, 0.3) is 0 Å². The molecule has 0 saturated carbocycles. The fourth-order valence-electron chi connectivity index (χ4n) is 3.13. The minimum absolute atomic E-state index is 0.537. The van der Waals surface area contributed by atoms with Gasteiger partial charge in [0, 0.05) is 29.7 Å². The normalized spacial score (nSPS) is 11.3. The minimum atomic E-state index is 0.537. The molecule has 3 rings (SSSR count). The summed E-state index contributed by atoms with van der Waals surface area (Å²) in [5.74, 6) is 0. The molecule has 1 aromatic heterocycles. The van der Waals surface area contributed by atoms with Crippen LogP contribution in [0.15, 0.2) is 61.2 Å². The molecule has 0 amide bonds. The summed E-state index contributed by atoms with van der Waals surface area (Å²) in [4.78, 5) is 3.41. The number of hydrogen-bond acceptors (Lipinski definition) is 2. The molecule has 0 radical (unpaired) electrons. The first kappa shape index (κ1) is 16.5. The summed E-state index contributed by atoms with van der Waals surface area (Å²) in [6, 6.07) is 16.6. The summed E-state index contributed by atoms with van der Waals surface area (Å²) in [5.41, 5.74) is 5.98. The van der Waals surface area contributed by atoms with Crippen molar-refractivity contribution in [2.75, 3.05) is 6.54 Å². The van der Waals surface area contributed by atoms with Gasteiger partial charge in [0.2, 0.25) is 0 Å². The highest BCUT2D eigenvalue weighted by atomic mass is 16.5. The number of nitrogens with zero attached hydrogens (tertiary/aromatic N) is 1. The lowest BCUT2D eigenvalue weighted by molar-refractivity contribution is -0.0981. The lowest BCUT2D eigenvalue weighted by atomic mass is 10.1. The van der Waals surface area contributed by atoms with Crippen molar-refractivity contribution in [3.8, 4) is 0 Å². The van der Waals surface area contributed by atoms with E-state index in [2.05, 4.69) is 61.0 Å². The summed E-state index contributed by atoms with van der Waals surface area (Å²) < 4.78 is 0. The number of fused-ring (bicyclic) bond motifs is 1. The fourth-order valence-corrected chi connectivity index (χ4v) is 3.13. The first-order chi connectivity index (χ1) is 11.7. The number of H-pyrrole nitrogens is 1. The highest BCUT2D eigenvalue weighted by molar-refractivity contribution is 5.84. The predicted octanol–water partition coefficient (Wildman–Crippen LogP) is 4.64. The van der Waals surface area contributed by atoms with Gasteiger partial charge in [0.15, 0.2) is 0 Å². The van der Waals surface area contributed by atoms with E-state index in [1.807, 2.05) is 12.1 Å². The quantitative estimate of drug-likeness (QED) is 0.492. The smallest absolute Gasteiger partial charge is 0.0488 e. The third-order valence-electron chi connectivity index (χ3n) is 4.42. The van der Waals surface area contributed by atoms with Crippen molar-refractivity contribution in [3.63, 3.8) is 0 Å². The number of benzene rings is 2. The second-order valence-corrected chi connectivity index (χ2v) is 6.22. The number of nitrogens with one attached hydrogen (secondary N) is 1. The average Bonchev–Trinajstić information content (AvgIpc) is 2.90. The van der Waals surface area contributed by atoms with E-state index in [1.54, 1.807) is 0 Å². The Hall–Kier alpha value is -2.36. The van der Waals surface area contributed by atoms with Crippen LogP contribution in [0.5, 0.6) is 0 Å². The largest absolute Gasteiger partial charge is 0.358 e. The van der Waals surface area contributed by atoms with Gasteiger partial charge in [-0.15, -0.1) is 6.58 Å². The Morgan fingerprint density at radius 1 is 1.08 bits per heavy atom. The van der Waals surface area contributed by atoms with Crippen LogP contribution in [-0.4, -0.2) is 21.8 Å². The number of aromatic amines is 1. The van der Waals surface area contributed by atoms with Crippen LogP contribution in [0, 0.1) is 6.92 Å². The molecule has 0 saturated heterocycles. The van der Waals surface area contributed by atoms with Crippen molar-refractivity contribution >= 4 is 10.9 Å². The Morgan fingerprint density at radius 2 is 1.79 bits per heavy atom. The maximum Gasteiger partial charge on any atom is 0.0488 e. The van der Waals surface area contributed by atoms with E-state index in [0.29, 0.717) is 13.1 Å². The Labute approximate surface area is 143 Å². The lowest BCUT2D eigenvalue weighted by Crippen LogP contribution is -2.21. The van der Waals surface area contributed by atoms with Crippen LogP contribution < -0.4 is 0 Å². The third kappa shape index (κ3) is 3.75. The molecule has 1 heterocycles. The van der Waals surface area contributed by atoms with Crippen molar-refractivity contribution in [2.24, 2.45) is 0 Å². The van der Waals surface area contributed by atoms with Gasteiger partial charge in [-0.25, -0.2) is 0 Å². The van der Waals surface area contributed by atoms with Crippen molar-refractivity contribution in [2.45, 2.75) is 26.3 Å². The van der Waals surface area contributed by atoms with Crippen LogP contribution in [0.2, 0.25) is 0 Å². The van der Waals surface area contributed by atoms with E-state index in [0.717, 1.165) is 23.9 Å². The van der Waals surface area contributed by atoms with Crippen molar-refractivity contribution in [1.29, 1.82) is 0 Å². The predicted molar refractivity (Wildman–Crippen MR) is 99.3 cm³/mol. The zero-order valence-corrected chi connectivity index (χ0v) is 14.1. The highest BCUT2D eigenvalue weighted by Crippen LogP contribution is 2.22. The van der Waals surface area contributed by atoms with Crippen LogP contribution in [0.4, 0.5) is 0 Å². The van der Waals surface area contributed by atoms with Crippen molar-refractivity contribution in [3.05, 3.63) is 83.6 Å². The topological polar surface area (TPSA) is 39.3 Å². The third-order valence-corrected chi connectivity index (χ3v) is 4.42. The van der Waals surface area contributed by atoms with Gasteiger partial charge in [-0.3, -0.25) is 0 Å². The highest BCUT2D eigenvalue weighted by Gasteiger charge is 2.10. The first-order valence-electron chi connectivity index (χ1n) is 8.36. The second kappa shape index (κ2) is 7.47. The molecule has 3 nitrogen and oxygen atoms in total. The molecular formula is C21H24N2O. The number of aromatic nitrogens is 1. The van der Waals surface area contributed by atoms with Crippen molar-refractivity contribution in [1.82, 2.24) is 10.0 Å². The average molecular weight is 320 g/mol. The zero-order valence-electron chi connectivity index (χ0n) is 14.1. The molecule has 0 unspecified atom stereocenters.